The highest BCUT2D eigenvalue weighted by atomic mass is 32.1. The third kappa shape index (κ3) is 1.66. The molecular formula is C15H14O2S2. The first-order valence-corrected chi connectivity index (χ1v) is 7.96. The fraction of sp³-hybridized carbons (Fsp3) is 0.333. The number of carbonyl (C=O) groups excluding carboxylic acids is 2. The maximum absolute atomic E-state index is 11.0. The largest absolute Gasteiger partial charge is 0.297 e. The molecule has 2 aromatic rings. The zero-order valence-electron chi connectivity index (χ0n) is 10.9. The van der Waals surface area contributed by atoms with E-state index in [1.54, 1.807) is 22.7 Å². The van der Waals surface area contributed by atoms with Gasteiger partial charge in [-0.15, -0.1) is 22.7 Å². The number of hydrogen-bond donors (Lipinski definition) is 0. The zero-order valence-corrected chi connectivity index (χ0v) is 12.5. The van der Waals surface area contributed by atoms with Crippen LogP contribution in [0.25, 0.3) is 9.75 Å². The van der Waals surface area contributed by atoms with E-state index in [-0.39, 0.29) is 5.41 Å². The summed E-state index contributed by atoms with van der Waals surface area (Å²) >= 11 is 3.09. The molecule has 0 atom stereocenters. The Kier molecular flexibility index (Phi) is 2.95. The molecular weight excluding hydrogens is 276 g/mol. The predicted molar refractivity (Wildman–Crippen MR) is 79.8 cm³/mol. The molecule has 1 aliphatic rings. The first kappa shape index (κ1) is 12.8. The summed E-state index contributed by atoms with van der Waals surface area (Å²) in [6.07, 6.45) is 3.96. The van der Waals surface area contributed by atoms with E-state index in [0.717, 1.165) is 35.2 Å². The van der Waals surface area contributed by atoms with Gasteiger partial charge in [0.25, 0.3) is 0 Å². The van der Waals surface area contributed by atoms with Crippen molar-refractivity contribution in [2.24, 2.45) is 0 Å². The van der Waals surface area contributed by atoms with Crippen molar-refractivity contribution in [2.75, 3.05) is 0 Å². The summed E-state index contributed by atoms with van der Waals surface area (Å²) in [5, 5.41) is 0. The molecule has 0 saturated carbocycles. The number of fused-ring (bicyclic) bond motifs is 3. The van der Waals surface area contributed by atoms with E-state index >= 15 is 0 Å². The van der Waals surface area contributed by atoms with Crippen molar-refractivity contribution in [3.63, 3.8) is 0 Å². The Morgan fingerprint density at radius 3 is 1.89 bits per heavy atom. The first-order chi connectivity index (χ1) is 9.13. The van der Waals surface area contributed by atoms with Gasteiger partial charge in [0.2, 0.25) is 0 Å². The van der Waals surface area contributed by atoms with E-state index in [4.69, 9.17) is 0 Å². The Morgan fingerprint density at radius 1 is 1.05 bits per heavy atom. The molecule has 0 amide bonds. The van der Waals surface area contributed by atoms with Gasteiger partial charge >= 0.3 is 0 Å². The quantitative estimate of drug-likeness (QED) is 0.776. The molecule has 98 valence electrons. The van der Waals surface area contributed by atoms with Gasteiger partial charge in [-0.2, -0.15) is 0 Å². The molecule has 0 N–H and O–H groups in total. The van der Waals surface area contributed by atoms with Crippen LogP contribution in [0.5, 0.6) is 0 Å². The van der Waals surface area contributed by atoms with Crippen LogP contribution in [0.15, 0.2) is 12.1 Å². The van der Waals surface area contributed by atoms with Gasteiger partial charge in [0.1, 0.15) is 0 Å². The van der Waals surface area contributed by atoms with E-state index < -0.39 is 0 Å². The van der Waals surface area contributed by atoms with Crippen molar-refractivity contribution in [3.05, 3.63) is 33.0 Å². The second kappa shape index (κ2) is 4.39. The van der Waals surface area contributed by atoms with Crippen molar-refractivity contribution in [1.29, 1.82) is 0 Å². The normalized spacial score (nSPS) is 15.1. The second-order valence-corrected chi connectivity index (χ2v) is 7.27. The molecule has 0 radical (unpaired) electrons. The SMILES string of the molecule is CCCC1(C)c2cc(C=O)sc2-c2sc(C=O)cc21. The zero-order chi connectivity index (χ0) is 13.6. The van der Waals surface area contributed by atoms with E-state index in [0.29, 0.717) is 0 Å². The Bertz CT molecular complexity index is 611. The van der Waals surface area contributed by atoms with Gasteiger partial charge in [-0.1, -0.05) is 20.3 Å². The molecule has 0 fully saturated rings. The average Bonchev–Trinajstić information content (AvgIpc) is 3.05. The molecule has 0 unspecified atom stereocenters. The Balaban J connectivity index is 2.27. The minimum absolute atomic E-state index is 0.0467. The molecule has 2 aromatic heterocycles. The highest BCUT2D eigenvalue weighted by Crippen LogP contribution is 2.56. The predicted octanol–water partition coefficient (Wildman–Crippen LogP) is 4.52. The van der Waals surface area contributed by atoms with Gasteiger partial charge in [-0.05, 0) is 29.7 Å². The minimum Gasteiger partial charge on any atom is -0.297 e. The van der Waals surface area contributed by atoms with Crippen molar-refractivity contribution < 1.29 is 9.59 Å². The molecule has 0 saturated heterocycles. The summed E-state index contributed by atoms with van der Waals surface area (Å²) < 4.78 is 0. The van der Waals surface area contributed by atoms with E-state index in [1.807, 2.05) is 12.1 Å². The van der Waals surface area contributed by atoms with Crippen LogP contribution in [-0.4, -0.2) is 12.6 Å². The number of rotatable bonds is 4. The van der Waals surface area contributed by atoms with Crippen LogP contribution in [0.4, 0.5) is 0 Å². The summed E-state index contributed by atoms with van der Waals surface area (Å²) in [7, 11) is 0. The first-order valence-electron chi connectivity index (χ1n) is 6.33. The smallest absolute Gasteiger partial charge is 0.160 e. The number of carbonyl (C=O) groups is 2. The van der Waals surface area contributed by atoms with Crippen LogP contribution >= 0.6 is 22.7 Å². The molecule has 3 rings (SSSR count). The van der Waals surface area contributed by atoms with Crippen molar-refractivity contribution in [2.45, 2.75) is 32.1 Å². The highest BCUT2D eigenvalue weighted by molar-refractivity contribution is 7.24. The summed E-state index contributed by atoms with van der Waals surface area (Å²) in [4.78, 5) is 26.0. The van der Waals surface area contributed by atoms with Crippen molar-refractivity contribution in [3.8, 4) is 9.75 Å². The van der Waals surface area contributed by atoms with Crippen molar-refractivity contribution >= 4 is 35.2 Å². The number of hydrogen-bond acceptors (Lipinski definition) is 4. The lowest BCUT2D eigenvalue weighted by Crippen LogP contribution is -2.19. The van der Waals surface area contributed by atoms with Gasteiger partial charge < -0.3 is 0 Å². The van der Waals surface area contributed by atoms with E-state index in [2.05, 4.69) is 13.8 Å². The maximum atomic E-state index is 11.0. The van der Waals surface area contributed by atoms with Crippen LogP contribution in [0.1, 0.15) is 57.2 Å². The van der Waals surface area contributed by atoms with E-state index in [1.165, 1.54) is 20.9 Å². The summed E-state index contributed by atoms with van der Waals surface area (Å²) in [6, 6.07) is 4.05. The van der Waals surface area contributed by atoms with Crippen molar-refractivity contribution in [1.82, 2.24) is 0 Å². The van der Waals surface area contributed by atoms with Crippen LogP contribution in [0.3, 0.4) is 0 Å². The lowest BCUT2D eigenvalue weighted by molar-refractivity contribution is 0.111. The monoisotopic (exact) mass is 290 g/mol. The molecule has 19 heavy (non-hydrogen) atoms. The molecule has 0 aliphatic heterocycles. The minimum atomic E-state index is -0.0467. The standard InChI is InChI=1S/C15H14O2S2/c1-3-4-15(2)11-5-9(7-16)18-13(11)14-12(15)6-10(8-17)19-14/h5-8H,3-4H2,1-2H3. The molecule has 0 bridgehead atoms. The van der Waals surface area contributed by atoms with Gasteiger partial charge in [0, 0.05) is 15.2 Å². The molecule has 0 aromatic carbocycles. The Labute approximate surface area is 120 Å². The summed E-state index contributed by atoms with van der Waals surface area (Å²) in [5.74, 6) is 0. The summed E-state index contributed by atoms with van der Waals surface area (Å²) in [6.45, 7) is 4.40. The average molecular weight is 290 g/mol. The lowest BCUT2D eigenvalue weighted by atomic mass is 9.77. The highest BCUT2D eigenvalue weighted by Gasteiger charge is 2.41. The van der Waals surface area contributed by atoms with Crippen LogP contribution in [0.2, 0.25) is 0 Å². The summed E-state index contributed by atoms with van der Waals surface area (Å²) in [5.41, 5.74) is 2.48. The third-order valence-electron chi connectivity index (χ3n) is 3.88. The molecule has 1 aliphatic carbocycles. The Hall–Kier alpha value is -1.26. The van der Waals surface area contributed by atoms with Gasteiger partial charge in [-0.3, -0.25) is 9.59 Å². The third-order valence-corrected chi connectivity index (χ3v) is 6.16. The molecule has 2 nitrogen and oxygen atoms in total. The molecule has 4 heteroatoms. The van der Waals surface area contributed by atoms with Crippen LogP contribution in [0, 0.1) is 0 Å². The number of thiophene rings is 2. The van der Waals surface area contributed by atoms with Gasteiger partial charge in [0.15, 0.2) is 12.6 Å². The second-order valence-electron chi connectivity index (χ2n) is 5.10. The van der Waals surface area contributed by atoms with Gasteiger partial charge in [0.05, 0.1) is 9.75 Å². The molecule has 2 heterocycles. The van der Waals surface area contributed by atoms with E-state index in [9.17, 15) is 9.59 Å². The topological polar surface area (TPSA) is 34.1 Å². The Morgan fingerprint density at radius 2 is 1.53 bits per heavy atom. The lowest BCUT2D eigenvalue weighted by Gasteiger charge is -2.25. The molecule has 0 spiro atoms. The number of aldehydes is 2. The fourth-order valence-electron chi connectivity index (χ4n) is 3.01. The van der Waals surface area contributed by atoms with Crippen LogP contribution < -0.4 is 0 Å². The van der Waals surface area contributed by atoms with Crippen LogP contribution in [-0.2, 0) is 5.41 Å². The fourth-order valence-corrected chi connectivity index (χ4v) is 5.37. The van der Waals surface area contributed by atoms with Gasteiger partial charge in [-0.25, -0.2) is 0 Å². The maximum Gasteiger partial charge on any atom is 0.160 e.